The topological polar surface area (TPSA) is 51.2 Å². The predicted octanol–water partition coefficient (Wildman–Crippen LogP) is 2.54. The smallest absolute Gasteiger partial charge is 0.230 e. The standard InChI is InChI=1S/C14H16N2O2S2/c1-14(8-18-9-14)7-15-12(17)6-19-13-16-10-4-2-3-5-11(10)20-13/h2-5H,6-9H2,1H3,(H,15,17). The second kappa shape index (κ2) is 5.71. The molecule has 1 amide bonds. The van der Waals surface area contributed by atoms with Gasteiger partial charge in [-0.1, -0.05) is 30.8 Å². The molecule has 1 aromatic heterocycles. The summed E-state index contributed by atoms with van der Waals surface area (Å²) in [5, 5.41) is 2.97. The third-order valence-electron chi connectivity index (χ3n) is 3.21. The summed E-state index contributed by atoms with van der Waals surface area (Å²) in [4.78, 5) is 16.3. The van der Waals surface area contributed by atoms with Crippen molar-refractivity contribution in [3.63, 3.8) is 0 Å². The summed E-state index contributed by atoms with van der Waals surface area (Å²) in [5.41, 5.74) is 1.12. The van der Waals surface area contributed by atoms with Crippen LogP contribution < -0.4 is 5.32 Å². The Balaban J connectivity index is 1.49. The average molecular weight is 308 g/mol. The van der Waals surface area contributed by atoms with Crippen LogP contribution >= 0.6 is 23.1 Å². The van der Waals surface area contributed by atoms with Gasteiger partial charge in [-0.25, -0.2) is 4.98 Å². The highest BCUT2D eigenvalue weighted by Gasteiger charge is 2.33. The number of ether oxygens (including phenoxy) is 1. The molecule has 106 valence electrons. The van der Waals surface area contributed by atoms with Crippen molar-refractivity contribution in [2.75, 3.05) is 25.5 Å². The number of thioether (sulfide) groups is 1. The Morgan fingerprint density at radius 2 is 2.30 bits per heavy atom. The van der Waals surface area contributed by atoms with E-state index in [9.17, 15) is 4.79 Å². The van der Waals surface area contributed by atoms with E-state index in [2.05, 4.69) is 23.3 Å². The van der Waals surface area contributed by atoms with Gasteiger partial charge in [0.15, 0.2) is 4.34 Å². The first-order valence-electron chi connectivity index (χ1n) is 6.47. The number of benzene rings is 1. The minimum atomic E-state index is 0.0578. The van der Waals surface area contributed by atoms with Crippen LogP contribution in [0.15, 0.2) is 28.6 Å². The lowest BCUT2D eigenvalue weighted by Gasteiger charge is -2.37. The maximum atomic E-state index is 11.8. The monoisotopic (exact) mass is 308 g/mol. The Hall–Kier alpha value is -1.11. The van der Waals surface area contributed by atoms with Gasteiger partial charge >= 0.3 is 0 Å². The van der Waals surface area contributed by atoms with E-state index in [1.807, 2.05) is 18.2 Å². The summed E-state index contributed by atoms with van der Waals surface area (Å²) < 4.78 is 7.27. The summed E-state index contributed by atoms with van der Waals surface area (Å²) in [6.45, 7) is 4.28. The fraction of sp³-hybridized carbons (Fsp3) is 0.429. The van der Waals surface area contributed by atoms with Crippen molar-refractivity contribution in [1.29, 1.82) is 0 Å². The Labute approximate surface area is 125 Å². The van der Waals surface area contributed by atoms with Crippen molar-refractivity contribution < 1.29 is 9.53 Å². The minimum absolute atomic E-state index is 0.0578. The second-order valence-electron chi connectivity index (χ2n) is 5.32. The molecule has 2 aromatic rings. The number of nitrogens with zero attached hydrogens (tertiary/aromatic N) is 1. The predicted molar refractivity (Wildman–Crippen MR) is 82.3 cm³/mol. The number of para-hydroxylation sites is 1. The highest BCUT2D eigenvalue weighted by molar-refractivity contribution is 8.01. The van der Waals surface area contributed by atoms with Gasteiger partial charge in [-0.3, -0.25) is 4.79 Å². The van der Waals surface area contributed by atoms with Crippen LogP contribution in [0.25, 0.3) is 10.2 Å². The van der Waals surface area contributed by atoms with Crippen molar-refractivity contribution in [1.82, 2.24) is 10.3 Å². The Kier molecular flexibility index (Phi) is 3.96. The van der Waals surface area contributed by atoms with Crippen molar-refractivity contribution in [3.05, 3.63) is 24.3 Å². The molecule has 1 aliphatic rings. The molecule has 0 atom stereocenters. The largest absolute Gasteiger partial charge is 0.380 e. The molecule has 1 fully saturated rings. The van der Waals surface area contributed by atoms with Crippen molar-refractivity contribution in [2.24, 2.45) is 5.41 Å². The SMILES string of the molecule is CC1(CNC(=O)CSc2nc3ccccc3s2)COC1. The molecule has 4 nitrogen and oxygen atoms in total. The summed E-state index contributed by atoms with van der Waals surface area (Å²) in [6, 6.07) is 8.02. The van der Waals surface area contributed by atoms with Crippen molar-refractivity contribution in [3.8, 4) is 0 Å². The molecule has 6 heteroatoms. The molecule has 1 aliphatic heterocycles. The van der Waals surface area contributed by atoms with E-state index in [0.29, 0.717) is 12.3 Å². The summed E-state index contributed by atoms with van der Waals surface area (Å²) in [5.74, 6) is 0.471. The van der Waals surface area contributed by atoms with Crippen LogP contribution in [-0.4, -0.2) is 36.4 Å². The summed E-state index contributed by atoms with van der Waals surface area (Å²) in [6.07, 6.45) is 0. The molecule has 2 heterocycles. The number of hydrogen-bond donors (Lipinski definition) is 1. The molecule has 1 N–H and O–H groups in total. The minimum Gasteiger partial charge on any atom is -0.380 e. The van der Waals surface area contributed by atoms with Crippen LogP contribution in [0.2, 0.25) is 0 Å². The van der Waals surface area contributed by atoms with E-state index in [1.54, 1.807) is 11.3 Å². The van der Waals surface area contributed by atoms with E-state index >= 15 is 0 Å². The fourth-order valence-electron chi connectivity index (χ4n) is 1.96. The van der Waals surface area contributed by atoms with Gasteiger partial charge in [0.25, 0.3) is 0 Å². The molecule has 0 radical (unpaired) electrons. The van der Waals surface area contributed by atoms with Crippen LogP contribution in [0.1, 0.15) is 6.92 Å². The van der Waals surface area contributed by atoms with Crippen LogP contribution in [0.5, 0.6) is 0 Å². The number of aromatic nitrogens is 1. The molecule has 1 aromatic carbocycles. The van der Waals surface area contributed by atoms with Gasteiger partial charge in [0.2, 0.25) is 5.91 Å². The Bertz CT molecular complexity index is 589. The van der Waals surface area contributed by atoms with Gasteiger partial charge in [0.1, 0.15) is 0 Å². The first-order valence-corrected chi connectivity index (χ1v) is 8.28. The molecule has 1 saturated heterocycles. The van der Waals surface area contributed by atoms with Crippen molar-refractivity contribution >= 4 is 39.2 Å². The van der Waals surface area contributed by atoms with Crippen LogP contribution in [-0.2, 0) is 9.53 Å². The average Bonchev–Trinajstić information content (AvgIpc) is 2.83. The number of thiazole rings is 1. The normalized spacial score (nSPS) is 16.9. The quantitative estimate of drug-likeness (QED) is 0.863. The Morgan fingerprint density at radius 1 is 1.50 bits per heavy atom. The lowest BCUT2D eigenvalue weighted by Crippen LogP contribution is -2.48. The van der Waals surface area contributed by atoms with Crippen LogP contribution in [0.3, 0.4) is 0 Å². The second-order valence-corrected chi connectivity index (χ2v) is 7.57. The molecule has 0 bridgehead atoms. The number of amides is 1. The third kappa shape index (κ3) is 3.13. The lowest BCUT2D eigenvalue weighted by atomic mass is 9.89. The zero-order valence-electron chi connectivity index (χ0n) is 11.2. The number of nitrogens with one attached hydrogen (secondary N) is 1. The van der Waals surface area contributed by atoms with Gasteiger partial charge in [-0.05, 0) is 12.1 Å². The zero-order valence-corrected chi connectivity index (χ0v) is 12.9. The molecular weight excluding hydrogens is 292 g/mol. The van der Waals surface area contributed by atoms with Gasteiger partial charge in [0.05, 0.1) is 29.2 Å². The van der Waals surface area contributed by atoms with E-state index in [0.717, 1.165) is 27.8 Å². The van der Waals surface area contributed by atoms with Gasteiger partial charge < -0.3 is 10.1 Å². The van der Waals surface area contributed by atoms with E-state index in [4.69, 9.17) is 4.74 Å². The zero-order chi connectivity index (χ0) is 14.0. The molecule has 0 spiro atoms. The van der Waals surface area contributed by atoms with Crippen molar-refractivity contribution in [2.45, 2.75) is 11.3 Å². The van der Waals surface area contributed by atoms with Gasteiger partial charge in [-0.2, -0.15) is 0 Å². The molecule has 0 aliphatic carbocycles. The van der Waals surface area contributed by atoms with Gasteiger partial charge in [0, 0.05) is 12.0 Å². The van der Waals surface area contributed by atoms with Crippen LogP contribution in [0.4, 0.5) is 0 Å². The third-order valence-corrected chi connectivity index (χ3v) is 5.39. The summed E-state index contributed by atoms with van der Waals surface area (Å²) in [7, 11) is 0. The first-order chi connectivity index (χ1) is 9.65. The van der Waals surface area contributed by atoms with E-state index < -0.39 is 0 Å². The molecular formula is C14H16N2O2S2. The molecule has 0 unspecified atom stereocenters. The number of rotatable bonds is 5. The molecule has 0 saturated carbocycles. The maximum absolute atomic E-state index is 11.8. The molecule has 20 heavy (non-hydrogen) atoms. The number of fused-ring (bicyclic) bond motifs is 1. The molecule has 3 rings (SSSR count). The van der Waals surface area contributed by atoms with Crippen LogP contribution in [0, 0.1) is 5.41 Å². The number of hydrogen-bond acceptors (Lipinski definition) is 5. The highest BCUT2D eigenvalue weighted by Crippen LogP contribution is 2.29. The highest BCUT2D eigenvalue weighted by atomic mass is 32.2. The number of carbonyl (C=O) groups is 1. The van der Waals surface area contributed by atoms with E-state index in [1.165, 1.54) is 11.8 Å². The summed E-state index contributed by atoms with van der Waals surface area (Å²) >= 11 is 3.13. The Morgan fingerprint density at radius 3 is 3.00 bits per heavy atom. The van der Waals surface area contributed by atoms with E-state index in [-0.39, 0.29) is 11.3 Å². The lowest BCUT2D eigenvalue weighted by molar-refractivity contribution is -0.124. The number of carbonyl (C=O) groups excluding carboxylic acids is 1. The first kappa shape index (κ1) is 13.9. The van der Waals surface area contributed by atoms with Gasteiger partial charge in [-0.15, -0.1) is 11.3 Å². The maximum Gasteiger partial charge on any atom is 0.230 e. The fourth-order valence-corrected chi connectivity index (χ4v) is 3.85.